The molecule has 2 aliphatic carbocycles. The predicted octanol–water partition coefficient (Wildman–Crippen LogP) is 5.24. The average Bonchev–Trinajstić information content (AvgIpc) is 3.58. The number of imide groups is 1. The number of esters is 1. The minimum absolute atomic E-state index is 0.110. The van der Waals surface area contributed by atoms with Crippen molar-refractivity contribution in [3.05, 3.63) is 84.4 Å². The summed E-state index contributed by atoms with van der Waals surface area (Å²) in [4.78, 5) is 52.3. The van der Waals surface area contributed by atoms with E-state index in [-0.39, 0.29) is 40.0 Å². The van der Waals surface area contributed by atoms with Crippen molar-refractivity contribution < 1.29 is 28.7 Å². The average molecular weight is 579 g/mol. The third-order valence-corrected chi connectivity index (χ3v) is 9.12. The van der Waals surface area contributed by atoms with Crippen LogP contribution in [0.25, 0.3) is 0 Å². The highest BCUT2D eigenvalue weighted by Crippen LogP contribution is 2.59. The van der Waals surface area contributed by atoms with Crippen molar-refractivity contribution in [3.8, 4) is 11.5 Å². The molecule has 40 heavy (non-hydrogen) atoms. The molecule has 2 saturated carbocycles. The van der Waals surface area contributed by atoms with Gasteiger partial charge in [0.25, 0.3) is 5.91 Å². The number of hydrogen-bond acceptors (Lipinski definition) is 6. The van der Waals surface area contributed by atoms with Gasteiger partial charge in [-0.3, -0.25) is 19.3 Å². The van der Waals surface area contributed by atoms with Crippen molar-refractivity contribution in [3.63, 3.8) is 0 Å². The molecule has 6 atom stereocenters. The summed E-state index contributed by atoms with van der Waals surface area (Å²) in [5.74, 6) is -1.59. The summed E-state index contributed by atoms with van der Waals surface area (Å²) < 4.78 is 10.9. The molecule has 1 N–H and O–H groups in total. The smallest absolute Gasteiger partial charge is 0.338 e. The molecule has 0 unspecified atom stereocenters. The van der Waals surface area contributed by atoms with Gasteiger partial charge >= 0.3 is 5.97 Å². The van der Waals surface area contributed by atoms with Crippen molar-refractivity contribution in [1.29, 1.82) is 0 Å². The van der Waals surface area contributed by atoms with Gasteiger partial charge in [0.05, 0.1) is 33.8 Å². The van der Waals surface area contributed by atoms with Crippen molar-refractivity contribution in [2.45, 2.75) is 17.2 Å². The maximum absolute atomic E-state index is 13.1. The molecule has 1 heterocycles. The largest absolute Gasteiger partial charge is 0.457 e. The quantitative estimate of drug-likeness (QED) is 0.233. The lowest BCUT2D eigenvalue weighted by atomic mass is 9.80. The second-order valence-electron chi connectivity index (χ2n) is 10.1. The third kappa shape index (κ3) is 4.71. The van der Waals surface area contributed by atoms with E-state index in [2.05, 4.69) is 5.32 Å². The van der Waals surface area contributed by atoms with E-state index in [0.717, 1.165) is 0 Å². The SMILES string of the molecule is O=C(COC(=O)c1ccc(N2C(=O)[C@@H]3[C@H]4C[C@@H]([C@H](Cl)[C@@H]4Cl)[C@@H]3C2=O)cc1)Nc1ccc(Oc2ccccc2)cc1. The van der Waals surface area contributed by atoms with Gasteiger partial charge in [0.15, 0.2) is 6.61 Å². The molecule has 6 rings (SSSR count). The third-order valence-electron chi connectivity index (χ3n) is 7.80. The first-order valence-corrected chi connectivity index (χ1v) is 13.7. The summed E-state index contributed by atoms with van der Waals surface area (Å²) in [7, 11) is 0. The Hall–Kier alpha value is -3.88. The summed E-state index contributed by atoms with van der Waals surface area (Å²) in [6.07, 6.45) is 0.690. The van der Waals surface area contributed by atoms with Crippen molar-refractivity contribution in [2.75, 3.05) is 16.8 Å². The van der Waals surface area contributed by atoms with Gasteiger partial charge < -0.3 is 14.8 Å². The highest BCUT2D eigenvalue weighted by atomic mass is 35.5. The molecular weight excluding hydrogens is 555 g/mol. The number of para-hydroxylation sites is 1. The first kappa shape index (κ1) is 26.3. The highest BCUT2D eigenvalue weighted by Gasteiger charge is 2.66. The molecule has 1 saturated heterocycles. The van der Waals surface area contributed by atoms with E-state index in [4.69, 9.17) is 32.7 Å². The van der Waals surface area contributed by atoms with Gasteiger partial charge in [-0.15, -0.1) is 23.2 Å². The molecule has 0 aromatic heterocycles. The number of nitrogens with one attached hydrogen (secondary N) is 1. The Bertz CT molecular complexity index is 1430. The zero-order chi connectivity index (χ0) is 28.0. The maximum Gasteiger partial charge on any atom is 0.338 e. The molecule has 3 fully saturated rings. The number of carbonyl (C=O) groups is 4. The lowest BCUT2D eigenvalue weighted by Gasteiger charge is -2.28. The molecule has 3 aromatic carbocycles. The van der Waals surface area contributed by atoms with Gasteiger partial charge in [-0.25, -0.2) is 4.79 Å². The number of rotatable bonds is 7. The maximum atomic E-state index is 13.1. The molecule has 3 aliphatic rings. The monoisotopic (exact) mass is 578 g/mol. The molecule has 2 bridgehead atoms. The summed E-state index contributed by atoms with van der Waals surface area (Å²) >= 11 is 12.8. The van der Waals surface area contributed by atoms with Crippen molar-refractivity contribution >= 4 is 58.3 Å². The minimum atomic E-state index is -0.711. The van der Waals surface area contributed by atoms with Crippen molar-refractivity contribution in [1.82, 2.24) is 0 Å². The summed E-state index contributed by atoms with van der Waals surface area (Å²) in [5, 5.41) is 2.01. The molecule has 3 aromatic rings. The van der Waals surface area contributed by atoms with Gasteiger partial charge in [-0.2, -0.15) is 0 Å². The van der Waals surface area contributed by atoms with Crippen LogP contribution < -0.4 is 15.0 Å². The molecule has 3 amide bonds. The van der Waals surface area contributed by atoms with Gasteiger partial charge in [-0.05, 0) is 78.9 Å². The van der Waals surface area contributed by atoms with E-state index in [0.29, 0.717) is 29.3 Å². The number of hydrogen-bond donors (Lipinski definition) is 1. The Kier molecular flexibility index (Phi) is 6.98. The Morgan fingerprint density at radius 2 is 1.38 bits per heavy atom. The number of alkyl halides is 2. The lowest BCUT2D eigenvalue weighted by molar-refractivity contribution is -0.123. The zero-order valence-electron chi connectivity index (χ0n) is 21.0. The second-order valence-corrected chi connectivity index (χ2v) is 11.1. The van der Waals surface area contributed by atoms with E-state index in [9.17, 15) is 19.2 Å². The number of fused-ring (bicyclic) bond motifs is 5. The molecule has 1 aliphatic heterocycles. The van der Waals surface area contributed by atoms with E-state index in [1.807, 2.05) is 30.3 Å². The standard InChI is InChI=1S/C30H24Cl2N2O6/c31-26-21-14-22(27(26)32)25-24(21)28(36)34(29(25)37)18-10-6-16(7-11-18)30(38)39-15-23(35)33-17-8-12-20(13-9-17)40-19-4-2-1-3-5-19/h1-13,21-22,24-27H,14-15H2,(H,33,35)/t21-,22-,24-,25+,26-,27+/m1/s1. The van der Waals surface area contributed by atoms with Gasteiger partial charge in [0, 0.05) is 5.69 Å². The Morgan fingerprint density at radius 1 is 0.800 bits per heavy atom. The van der Waals surface area contributed by atoms with Crippen LogP contribution in [-0.4, -0.2) is 41.1 Å². The topological polar surface area (TPSA) is 102 Å². The van der Waals surface area contributed by atoms with E-state index >= 15 is 0 Å². The summed E-state index contributed by atoms with van der Waals surface area (Å²) in [6.45, 7) is -0.489. The van der Waals surface area contributed by atoms with Crippen molar-refractivity contribution in [2.24, 2.45) is 23.7 Å². The first-order valence-electron chi connectivity index (χ1n) is 12.9. The second kappa shape index (κ2) is 10.6. The van der Waals surface area contributed by atoms with Crippen LogP contribution in [-0.2, 0) is 19.1 Å². The fraction of sp³-hybridized carbons (Fsp3) is 0.267. The number of carbonyl (C=O) groups excluding carboxylic acids is 4. The molecule has 0 spiro atoms. The van der Waals surface area contributed by atoms with Crippen LogP contribution in [0, 0.1) is 23.7 Å². The molecule has 8 nitrogen and oxygen atoms in total. The number of benzene rings is 3. The molecule has 10 heteroatoms. The van der Waals surface area contributed by atoms with Gasteiger partial charge in [0.1, 0.15) is 11.5 Å². The molecule has 204 valence electrons. The van der Waals surface area contributed by atoms with Gasteiger partial charge in [0.2, 0.25) is 11.8 Å². The first-order chi connectivity index (χ1) is 19.3. The Balaban J connectivity index is 1.02. The number of nitrogens with zero attached hydrogens (tertiary/aromatic N) is 1. The minimum Gasteiger partial charge on any atom is -0.457 e. The van der Waals surface area contributed by atoms with Gasteiger partial charge in [-0.1, -0.05) is 18.2 Å². The lowest BCUT2D eigenvalue weighted by Crippen LogP contribution is -2.37. The highest BCUT2D eigenvalue weighted by molar-refractivity contribution is 6.32. The number of anilines is 2. The fourth-order valence-electron chi connectivity index (χ4n) is 5.99. The number of halogens is 2. The summed E-state index contributed by atoms with van der Waals surface area (Å²) in [6, 6.07) is 22.0. The number of ether oxygens (including phenoxy) is 2. The van der Waals surface area contributed by atoms with E-state index in [1.165, 1.54) is 29.2 Å². The Morgan fingerprint density at radius 3 is 1.98 bits per heavy atom. The van der Waals surface area contributed by atoms with Crippen LogP contribution in [0.15, 0.2) is 78.9 Å². The fourth-order valence-corrected chi connectivity index (χ4v) is 6.89. The molecule has 0 radical (unpaired) electrons. The zero-order valence-corrected chi connectivity index (χ0v) is 22.5. The van der Waals surface area contributed by atoms with Crippen LogP contribution in [0.1, 0.15) is 16.8 Å². The molecular formula is C30H24Cl2N2O6. The van der Waals surface area contributed by atoms with Crippen LogP contribution >= 0.6 is 23.2 Å². The van der Waals surface area contributed by atoms with Crippen LogP contribution in [0.5, 0.6) is 11.5 Å². The summed E-state index contributed by atoms with van der Waals surface area (Å²) in [5.41, 5.74) is 1.07. The normalized spacial score (nSPS) is 26.5. The van der Waals surface area contributed by atoms with E-state index < -0.39 is 30.3 Å². The van der Waals surface area contributed by atoms with Crippen LogP contribution in [0.2, 0.25) is 0 Å². The predicted molar refractivity (Wildman–Crippen MR) is 149 cm³/mol. The van der Waals surface area contributed by atoms with Crippen LogP contribution in [0.3, 0.4) is 0 Å². The Labute approximate surface area is 240 Å². The van der Waals surface area contributed by atoms with Crippen LogP contribution in [0.4, 0.5) is 11.4 Å². The number of amides is 3. The van der Waals surface area contributed by atoms with E-state index in [1.54, 1.807) is 24.3 Å².